The average Bonchev–Trinajstić information content (AvgIpc) is 2.26. The molecule has 0 unspecified atom stereocenters. The van der Waals surface area contributed by atoms with E-state index in [-0.39, 0.29) is 12.4 Å². The Balaban J connectivity index is 2.66. The highest BCUT2D eigenvalue weighted by molar-refractivity contribution is 5.94. The van der Waals surface area contributed by atoms with Crippen LogP contribution in [-0.2, 0) is 4.79 Å². The monoisotopic (exact) mass is 208 g/mol. The molecule has 4 nitrogen and oxygen atoms in total. The summed E-state index contributed by atoms with van der Waals surface area (Å²) in [5.74, 6) is -0.0123. The summed E-state index contributed by atoms with van der Waals surface area (Å²) < 4.78 is 5.09. The quantitative estimate of drug-likeness (QED) is 0.728. The summed E-state index contributed by atoms with van der Waals surface area (Å²) in [6.07, 6.45) is 0. The standard InChI is InChI=1S/C11H12O4/c1-8(13)9-3-2-4-11(5-9)15-7-10(14)6-12/h2-5,12H,6-7H2,1H3. The first-order valence-electron chi connectivity index (χ1n) is 4.50. The molecule has 1 rings (SSSR count). The van der Waals surface area contributed by atoms with Gasteiger partial charge in [-0.1, -0.05) is 12.1 Å². The van der Waals surface area contributed by atoms with Crippen molar-refractivity contribution in [3.8, 4) is 5.75 Å². The molecule has 1 N–H and O–H groups in total. The van der Waals surface area contributed by atoms with E-state index in [9.17, 15) is 9.59 Å². The van der Waals surface area contributed by atoms with Crippen molar-refractivity contribution < 1.29 is 19.4 Å². The minimum Gasteiger partial charge on any atom is -0.486 e. The van der Waals surface area contributed by atoms with Crippen LogP contribution in [0.15, 0.2) is 24.3 Å². The van der Waals surface area contributed by atoms with Crippen LogP contribution in [0.3, 0.4) is 0 Å². The van der Waals surface area contributed by atoms with Gasteiger partial charge in [-0.05, 0) is 19.1 Å². The van der Waals surface area contributed by atoms with Gasteiger partial charge in [-0.15, -0.1) is 0 Å². The van der Waals surface area contributed by atoms with E-state index < -0.39 is 12.4 Å². The molecule has 0 atom stereocenters. The molecule has 1 aromatic carbocycles. The fourth-order valence-electron chi connectivity index (χ4n) is 1.01. The second kappa shape index (κ2) is 5.26. The lowest BCUT2D eigenvalue weighted by atomic mass is 10.1. The van der Waals surface area contributed by atoms with Gasteiger partial charge in [0.1, 0.15) is 19.0 Å². The number of hydrogen-bond donors (Lipinski definition) is 1. The van der Waals surface area contributed by atoms with E-state index >= 15 is 0 Å². The minimum absolute atomic E-state index is 0.0612. The van der Waals surface area contributed by atoms with Gasteiger partial charge in [-0.3, -0.25) is 9.59 Å². The third-order valence-electron chi connectivity index (χ3n) is 1.82. The summed E-state index contributed by atoms with van der Waals surface area (Å²) in [7, 11) is 0. The maximum absolute atomic E-state index is 11.0. The Morgan fingerprint density at radius 1 is 1.40 bits per heavy atom. The fraction of sp³-hybridized carbons (Fsp3) is 0.273. The van der Waals surface area contributed by atoms with E-state index in [0.29, 0.717) is 11.3 Å². The van der Waals surface area contributed by atoms with Crippen LogP contribution in [0, 0.1) is 0 Å². The molecule has 1 aromatic rings. The van der Waals surface area contributed by atoms with Crippen molar-refractivity contribution >= 4 is 11.6 Å². The number of Topliss-reactive ketones (excluding diaryl/α,β-unsaturated/α-hetero) is 2. The van der Waals surface area contributed by atoms with Crippen LogP contribution in [0.25, 0.3) is 0 Å². The zero-order valence-corrected chi connectivity index (χ0v) is 8.40. The molecule has 0 saturated heterocycles. The molecule has 80 valence electrons. The molecule has 0 aliphatic heterocycles. The largest absolute Gasteiger partial charge is 0.486 e. The SMILES string of the molecule is CC(=O)c1cccc(OCC(=O)CO)c1. The molecule has 0 aliphatic carbocycles. The number of aliphatic hydroxyl groups excluding tert-OH is 1. The lowest BCUT2D eigenvalue weighted by Gasteiger charge is -2.05. The van der Waals surface area contributed by atoms with Crippen molar-refractivity contribution in [1.29, 1.82) is 0 Å². The smallest absolute Gasteiger partial charge is 0.195 e. The van der Waals surface area contributed by atoms with Crippen LogP contribution >= 0.6 is 0 Å². The summed E-state index contributed by atoms with van der Waals surface area (Å²) in [6.45, 7) is 0.738. The van der Waals surface area contributed by atoms with Crippen LogP contribution in [0.4, 0.5) is 0 Å². The van der Waals surface area contributed by atoms with Crippen molar-refractivity contribution in [1.82, 2.24) is 0 Å². The molecule has 0 bridgehead atoms. The van der Waals surface area contributed by atoms with Gasteiger partial charge in [0.25, 0.3) is 0 Å². The third kappa shape index (κ3) is 3.52. The van der Waals surface area contributed by atoms with Crippen molar-refractivity contribution in [3.05, 3.63) is 29.8 Å². The number of hydrogen-bond acceptors (Lipinski definition) is 4. The first kappa shape index (κ1) is 11.4. The van der Waals surface area contributed by atoms with Gasteiger partial charge in [0.05, 0.1) is 0 Å². The van der Waals surface area contributed by atoms with E-state index in [0.717, 1.165) is 0 Å². The molecule has 0 aliphatic rings. The van der Waals surface area contributed by atoms with E-state index in [4.69, 9.17) is 9.84 Å². The molecule has 0 spiro atoms. The number of rotatable bonds is 5. The number of benzene rings is 1. The molecule has 0 saturated carbocycles. The van der Waals surface area contributed by atoms with E-state index in [1.54, 1.807) is 24.3 Å². The number of carbonyl (C=O) groups excluding carboxylic acids is 2. The Morgan fingerprint density at radius 2 is 2.13 bits per heavy atom. The fourth-order valence-corrected chi connectivity index (χ4v) is 1.01. The highest BCUT2D eigenvalue weighted by Gasteiger charge is 2.03. The predicted octanol–water partition coefficient (Wildman–Crippen LogP) is 0.829. The van der Waals surface area contributed by atoms with Gasteiger partial charge in [-0.25, -0.2) is 0 Å². The van der Waals surface area contributed by atoms with Gasteiger partial charge in [-0.2, -0.15) is 0 Å². The predicted molar refractivity (Wildman–Crippen MR) is 54.0 cm³/mol. The second-order valence-electron chi connectivity index (χ2n) is 3.07. The molecule has 0 fully saturated rings. The minimum atomic E-state index is -0.535. The normalized spacial score (nSPS) is 9.73. The van der Waals surface area contributed by atoms with Gasteiger partial charge in [0.2, 0.25) is 0 Å². The number of ketones is 2. The zero-order valence-electron chi connectivity index (χ0n) is 8.40. The van der Waals surface area contributed by atoms with Gasteiger partial charge >= 0.3 is 0 Å². The van der Waals surface area contributed by atoms with Gasteiger partial charge in [0.15, 0.2) is 11.6 Å². The third-order valence-corrected chi connectivity index (χ3v) is 1.82. The summed E-state index contributed by atoms with van der Waals surface area (Å²) in [6, 6.07) is 6.56. The van der Waals surface area contributed by atoms with Crippen LogP contribution in [-0.4, -0.2) is 29.9 Å². The van der Waals surface area contributed by atoms with Crippen molar-refractivity contribution in [2.75, 3.05) is 13.2 Å². The first-order valence-corrected chi connectivity index (χ1v) is 4.50. The van der Waals surface area contributed by atoms with Crippen LogP contribution in [0.5, 0.6) is 5.75 Å². The topological polar surface area (TPSA) is 63.6 Å². The van der Waals surface area contributed by atoms with Gasteiger partial charge in [0, 0.05) is 5.56 Å². The van der Waals surface area contributed by atoms with Crippen molar-refractivity contribution in [2.24, 2.45) is 0 Å². The highest BCUT2D eigenvalue weighted by atomic mass is 16.5. The Morgan fingerprint density at radius 3 is 2.73 bits per heavy atom. The summed E-state index contributed by atoms with van der Waals surface area (Å²) in [4.78, 5) is 21.8. The van der Waals surface area contributed by atoms with Crippen molar-refractivity contribution in [2.45, 2.75) is 6.92 Å². The summed E-state index contributed by atoms with van der Waals surface area (Å²) >= 11 is 0. The molecule has 0 aromatic heterocycles. The van der Waals surface area contributed by atoms with E-state index in [2.05, 4.69) is 0 Å². The molecular weight excluding hydrogens is 196 g/mol. The number of ether oxygens (including phenoxy) is 1. The molecule has 0 heterocycles. The molecule has 0 amide bonds. The van der Waals surface area contributed by atoms with Crippen molar-refractivity contribution in [3.63, 3.8) is 0 Å². The number of aliphatic hydroxyl groups is 1. The summed E-state index contributed by atoms with van der Waals surface area (Å²) in [5, 5.41) is 8.47. The number of carbonyl (C=O) groups is 2. The van der Waals surface area contributed by atoms with Crippen LogP contribution < -0.4 is 4.74 Å². The second-order valence-corrected chi connectivity index (χ2v) is 3.07. The lowest BCUT2D eigenvalue weighted by molar-refractivity contribution is -0.123. The Kier molecular flexibility index (Phi) is 4.00. The van der Waals surface area contributed by atoms with Gasteiger partial charge < -0.3 is 9.84 Å². The maximum atomic E-state index is 11.0. The zero-order chi connectivity index (χ0) is 11.3. The first-order chi connectivity index (χ1) is 7.13. The Labute approximate surface area is 87.5 Å². The summed E-state index contributed by atoms with van der Waals surface area (Å²) in [5.41, 5.74) is 0.531. The Hall–Kier alpha value is -1.68. The Bertz CT molecular complexity index is 371. The van der Waals surface area contributed by atoms with Crippen LogP contribution in [0.2, 0.25) is 0 Å². The molecule has 4 heteroatoms. The lowest BCUT2D eigenvalue weighted by Crippen LogP contribution is -2.14. The van der Waals surface area contributed by atoms with E-state index in [1.807, 2.05) is 0 Å². The van der Waals surface area contributed by atoms with Crippen LogP contribution in [0.1, 0.15) is 17.3 Å². The molecule has 15 heavy (non-hydrogen) atoms. The average molecular weight is 208 g/mol. The maximum Gasteiger partial charge on any atom is 0.195 e. The highest BCUT2D eigenvalue weighted by Crippen LogP contribution is 2.13. The molecular formula is C11H12O4. The van der Waals surface area contributed by atoms with E-state index in [1.165, 1.54) is 6.92 Å². The molecule has 0 radical (unpaired) electrons.